The molecule has 0 aromatic heterocycles. The summed E-state index contributed by atoms with van der Waals surface area (Å²) in [6.07, 6.45) is 1.43. The normalized spacial score (nSPS) is 16.6. The highest BCUT2D eigenvalue weighted by Crippen LogP contribution is 2.53. The van der Waals surface area contributed by atoms with Crippen molar-refractivity contribution >= 4 is 5.97 Å². The third-order valence-corrected chi connectivity index (χ3v) is 3.32. The SMILES string of the molecule is COc1cc(C)cc(C2(CC(=O)O)CC2)c1F. The molecule has 0 atom stereocenters. The molecule has 4 heteroatoms. The van der Waals surface area contributed by atoms with Crippen LogP contribution in [-0.2, 0) is 10.2 Å². The Kier molecular flexibility index (Phi) is 2.81. The Hall–Kier alpha value is -1.58. The Morgan fingerprint density at radius 2 is 2.18 bits per heavy atom. The molecule has 0 amide bonds. The van der Waals surface area contributed by atoms with Crippen LogP contribution in [0.5, 0.6) is 5.75 Å². The largest absolute Gasteiger partial charge is 0.494 e. The van der Waals surface area contributed by atoms with E-state index >= 15 is 0 Å². The minimum absolute atomic E-state index is 0.0173. The van der Waals surface area contributed by atoms with Crippen molar-refractivity contribution in [2.24, 2.45) is 0 Å². The number of rotatable bonds is 4. The summed E-state index contributed by atoms with van der Waals surface area (Å²) in [4.78, 5) is 10.8. The highest BCUT2D eigenvalue weighted by molar-refractivity contribution is 5.70. The third kappa shape index (κ3) is 2.12. The third-order valence-electron chi connectivity index (χ3n) is 3.32. The topological polar surface area (TPSA) is 46.5 Å². The predicted octanol–water partition coefficient (Wildman–Crippen LogP) is 2.65. The van der Waals surface area contributed by atoms with Crippen LogP contribution in [0.25, 0.3) is 0 Å². The molecule has 1 aliphatic rings. The molecule has 0 heterocycles. The molecule has 0 unspecified atom stereocenters. The van der Waals surface area contributed by atoms with E-state index in [-0.39, 0.29) is 12.2 Å². The van der Waals surface area contributed by atoms with E-state index in [1.165, 1.54) is 7.11 Å². The molecule has 2 rings (SSSR count). The van der Waals surface area contributed by atoms with Gasteiger partial charge in [0, 0.05) is 5.41 Å². The van der Waals surface area contributed by atoms with Gasteiger partial charge in [0.25, 0.3) is 0 Å². The maximum Gasteiger partial charge on any atom is 0.304 e. The van der Waals surface area contributed by atoms with Crippen LogP contribution < -0.4 is 4.74 Å². The first-order valence-corrected chi connectivity index (χ1v) is 5.55. The summed E-state index contributed by atoms with van der Waals surface area (Å²) in [5.74, 6) is -1.11. The Bertz CT molecular complexity index is 464. The molecule has 0 bridgehead atoms. The Morgan fingerprint density at radius 3 is 2.65 bits per heavy atom. The number of hydrogen-bond donors (Lipinski definition) is 1. The number of ether oxygens (including phenoxy) is 1. The molecule has 0 saturated heterocycles. The van der Waals surface area contributed by atoms with Gasteiger partial charge in [-0.05, 0) is 37.0 Å². The fourth-order valence-corrected chi connectivity index (χ4v) is 2.25. The van der Waals surface area contributed by atoms with Gasteiger partial charge < -0.3 is 9.84 Å². The van der Waals surface area contributed by atoms with Gasteiger partial charge in [-0.3, -0.25) is 4.79 Å². The summed E-state index contributed by atoms with van der Waals surface area (Å²) in [7, 11) is 1.42. The van der Waals surface area contributed by atoms with Gasteiger partial charge in [-0.1, -0.05) is 6.07 Å². The monoisotopic (exact) mass is 238 g/mol. The van der Waals surface area contributed by atoms with Crippen molar-refractivity contribution in [3.8, 4) is 5.75 Å². The van der Waals surface area contributed by atoms with Crippen LogP contribution in [-0.4, -0.2) is 18.2 Å². The molecule has 0 aliphatic heterocycles. The average Bonchev–Trinajstić information content (AvgIpc) is 3.00. The molecule has 1 fully saturated rings. The van der Waals surface area contributed by atoms with E-state index in [0.717, 1.165) is 18.4 Å². The van der Waals surface area contributed by atoms with E-state index in [1.54, 1.807) is 12.1 Å². The van der Waals surface area contributed by atoms with Crippen molar-refractivity contribution in [2.45, 2.75) is 31.6 Å². The number of benzene rings is 1. The molecular weight excluding hydrogens is 223 g/mol. The van der Waals surface area contributed by atoms with Crippen molar-refractivity contribution in [2.75, 3.05) is 7.11 Å². The second-order valence-electron chi connectivity index (χ2n) is 4.68. The van der Waals surface area contributed by atoms with Crippen LogP contribution in [0.3, 0.4) is 0 Å². The molecule has 17 heavy (non-hydrogen) atoms. The van der Waals surface area contributed by atoms with Crippen LogP contribution in [0.2, 0.25) is 0 Å². The van der Waals surface area contributed by atoms with Gasteiger partial charge in [-0.25, -0.2) is 4.39 Å². The zero-order valence-corrected chi connectivity index (χ0v) is 9.92. The van der Waals surface area contributed by atoms with Crippen LogP contribution in [0.1, 0.15) is 30.4 Å². The maximum atomic E-state index is 14.1. The van der Waals surface area contributed by atoms with Crippen LogP contribution in [0, 0.1) is 12.7 Å². The molecule has 1 saturated carbocycles. The second kappa shape index (κ2) is 4.02. The Labute approximate surface area is 99.2 Å². The smallest absolute Gasteiger partial charge is 0.304 e. The van der Waals surface area contributed by atoms with Gasteiger partial charge in [0.1, 0.15) is 0 Å². The van der Waals surface area contributed by atoms with Gasteiger partial charge in [0.2, 0.25) is 0 Å². The summed E-state index contributed by atoms with van der Waals surface area (Å²) < 4.78 is 19.1. The average molecular weight is 238 g/mol. The number of aliphatic carboxylic acids is 1. The van der Waals surface area contributed by atoms with E-state index in [2.05, 4.69) is 0 Å². The fourth-order valence-electron chi connectivity index (χ4n) is 2.25. The highest BCUT2D eigenvalue weighted by atomic mass is 19.1. The first kappa shape index (κ1) is 11.9. The second-order valence-corrected chi connectivity index (χ2v) is 4.68. The maximum absolute atomic E-state index is 14.1. The van der Waals surface area contributed by atoms with E-state index in [4.69, 9.17) is 9.84 Å². The van der Waals surface area contributed by atoms with Crippen molar-refractivity contribution in [1.82, 2.24) is 0 Å². The minimum Gasteiger partial charge on any atom is -0.494 e. The number of carboxylic acids is 1. The number of methoxy groups -OCH3 is 1. The van der Waals surface area contributed by atoms with E-state index in [0.29, 0.717) is 5.56 Å². The van der Waals surface area contributed by atoms with Crippen molar-refractivity contribution in [1.29, 1.82) is 0 Å². The molecule has 3 nitrogen and oxygen atoms in total. The van der Waals surface area contributed by atoms with Gasteiger partial charge >= 0.3 is 5.97 Å². The van der Waals surface area contributed by atoms with Crippen molar-refractivity contribution in [3.05, 3.63) is 29.1 Å². The highest BCUT2D eigenvalue weighted by Gasteiger charge is 2.48. The van der Waals surface area contributed by atoms with Crippen LogP contribution in [0.15, 0.2) is 12.1 Å². The first-order chi connectivity index (χ1) is 7.98. The summed E-state index contributed by atoms with van der Waals surface area (Å²) in [5.41, 5.74) is 0.849. The molecule has 1 aromatic rings. The quantitative estimate of drug-likeness (QED) is 0.877. The molecule has 1 aliphatic carbocycles. The number of hydrogen-bond acceptors (Lipinski definition) is 2. The zero-order valence-electron chi connectivity index (χ0n) is 9.92. The minimum atomic E-state index is -0.887. The molecule has 92 valence electrons. The summed E-state index contributed by atoms with van der Waals surface area (Å²) in [6, 6.07) is 3.35. The number of carboxylic acid groups (broad SMARTS) is 1. The summed E-state index contributed by atoms with van der Waals surface area (Å²) in [5, 5.41) is 8.88. The number of halogens is 1. The number of aryl methyl sites for hydroxylation is 1. The van der Waals surface area contributed by atoms with Gasteiger partial charge in [-0.15, -0.1) is 0 Å². The standard InChI is InChI=1S/C13H15FO3/c1-8-5-9(12(14)10(6-8)17-2)13(3-4-13)7-11(15)16/h5-6H,3-4,7H2,1-2H3,(H,15,16). The predicted molar refractivity (Wildman–Crippen MR) is 60.9 cm³/mol. The first-order valence-electron chi connectivity index (χ1n) is 5.55. The number of carbonyl (C=O) groups is 1. The fraction of sp³-hybridized carbons (Fsp3) is 0.462. The van der Waals surface area contributed by atoms with E-state index in [1.807, 2.05) is 6.92 Å². The van der Waals surface area contributed by atoms with Gasteiger partial charge in [-0.2, -0.15) is 0 Å². The summed E-state index contributed by atoms with van der Waals surface area (Å²) >= 11 is 0. The Balaban J connectivity index is 2.45. The lowest BCUT2D eigenvalue weighted by molar-refractivity contribution is -0.137. The lowest BCUT2D eigenvalue weighted by atomic mass is 9.90. The molecule has 1 aromatic carbocycles. The lowest BCUT2D eigenvalue weighted by Gasteiger charge is -2.16. The molecular formula is C13H15FO3. The summed E-state index contributed by atoms with van der Waals surface area (Å²) in [6.45, 7) is 1.85. The molecule has 0 spiro atoms. The Morgan fingerprint density at radius 1 is 1.53 bits per heavy atom. The molecule has 1 N–H and O–H groups in total. The van der Waals surface area contributed by atoms with Crippen LogP contribution in [0.4, 0.5) is 4.39 Å². The molecule has 0 radical (unpaired) electrons. The van der Waals surface area contributed by atoms with Crippen molar-refractivity contribution < 1.29 is 19.0 Å². The van der Waals surface area contributed by atoms with Gasteiger partial charge in [0.05, 0.1) is 13.5 Å². The lowest BCUT2D eigenvalue weighted by Crippen LogP contribution is -2.15. The van der Waals surface area contributed by atoms with E-state index in [9.17, 15) is 9.18 Å². The van der Waals surface area contributed by atoms with E-state index < -0.39 is 17.2 Å². The van der Waals surface area contributed by atoms with Gasteiger partial charge in [0.15, 0.2) is 11.6 Å². The van der Waals surface area contributed by atoms with Crippen LogP contribution >= 0.6 is 0 Å². The zero-order chi connectivity index (χ0) is 12.6. The van der Waals surface area contributed by atoms with Crippen molar-refractivity contribution in [3.63, 3.8) is 0 Å².